The van der Waals surface area contributed by atoms with Crippen molar-refractivity contribution in [2.45, 2.75) is 25.3 Å². The fraction of sp³-hybridized carbons (Fsp3) is 0.231. The molecule has 3 N–H and O–H groups in total. The molecular formula is C13H14N4O3S2. The van der Waals surface area contributed by atoms with Crippen LogP contribution in [0.15, 0.2) is 27.9 Å². The van der Waals surface area contributed by atoms with Crippen molar-refractivity contribution in [3.8, 4) is 0 Å². The van der Waals surface area contributed by atoms with Crippen LogP contribution < -0.4 is 10.4 Å². The molecule has 116 valence electrons. The number of nitrogens with one attached hydrogen (secondary N) is 3. The van der Waals surface area contributed by atoms with Crippen molar-refractivity contribution in [1.29, 1.82) is 0 Å². The predicted molar refractivity (Wildman–Crippen MR) is 84.5 cm³/mol. The number of H-pyrrole nitrogens is 2. The van der Waals surface area contributed by atoms with Gasteiger partial charge >= 0.3 is 5.69 Å². The van der Waals surface area contributed by atoms with Crippen LogP contribution in [0.2, 0.25) is 0 Å². The third-order valence-corrected chi connectivity index (χ3v) is 5.76. The summed E-state index contributed by atoms with van der Waals surface area (Å²) in [7, 11) is -3.66. The first-order chi connectivity index (χ1) is 10.3. The Hall–Kier alpha value is -1.97. The molecule has 2 heterocycles. The summed E-state index contributed by atoms with van der Waals surface area (Å²) in [6.45, 7) is 3.98. The van der Waals surface area contributed by atoms with E-state index in [-0.39, 0.29) is 17.1 Å². The Morgan fingerprint density at radius 1 is 1.23 bits per heavy atom. The van der Waals surface area contributed by atoms with Gasteiger partial charge in [-0.1, -0.05) is 0 Å². The standard InChI is InChI=1S/C13H14N4O3S2/c1-7-8(2)21-12(15-7)6-14-22(19,20)9-3-4-10-11(5-9)17-13(18)16-10/h3-5,14H,6H2,1-2H3,(H2,16,17,18). The second-order valence-corrected chi connectivity index (χ2v) is 7.91. The molecule has 0 amide bonds. The van der Waals surface area contributed by atoms with Gasteiger partial charge in [-0.3, -0.25) is 0 Å². The molecule has 0 unspecified atom stereocenters. The number of fused-ring (bicyclic) bond motifs is 1. The summed E-state index contributed by atoms with van der Waals surface area (Å²) in [5, 5.41) is 0.717. The number of imidazole rings is 1. The van der Waals surface area contributed by atoms with E-state index in [2.05, 4.69) is 19.7 Å². The lowest BCUT2D eigenvalue weighted by molar-refractivity contribution is 0.581. The molecule has 0 spiro atoms. The zero-order valence-electron chi connectivity index (χ0n) is 11.9. The molecular weight excluding hydrogens is 324 g/mol. The highest BCUT2D eigenvalue weighted by atomic mass is 32.2. The maximum Gasteiger partial charge on any atom is 0.323 e. The van der Waals surface area contributed by atoms with E-state index < -0.39 is 10.0 Å². The van der Waals surface area contributed by atoms with Crippen molar-refractivity contribution >= 4 is 32.4 Å². The molecule has 1 aromatic carbocycles. The SMILES string of the molecule is Cc1nc(CNS(=O)(=O)c2ccc3[nH]c(=O)[nH]c3c2)sc1C. The lowest BCUT2D eigenvalue weighted by Gasteiger charge is -2.05. The van der Waals surface area contributed by atoms with Crippen molar-refractivity contribution in [2.75, 3.05) is 0 Å². The fourth-order valence-electron chi connectivity index (χ4n) is 2.03. The molecule has 3 aromatic rings. The minimum absolute atomic E-state index is 0.0975. The molecule has 0 aliphatic rings. The molecule has 9 heteroatoms. The number of hydrogen-bond donors (Lipinski definition) is 3. The molecule has 0 aliphatic carbocycles. The number of benzene rings is 1. The Morgan fingerprint density at radius 2 is 1.95 bits per heavy atom. The molecule has 0 radical (unpaired) electrons. The van der Waals surface area contributed by atoms with Crippen molar-refractivity contribution in [2.24, 2.45) is 0 Å². The highest BCUT2D eigenvalue weighted by molar-refractivity contribution is 7.89. The Kier molecular flexibility index (Phi) is 3.63. The molecule has 0 fully saturated rings. The number of aromatic amines is 2. The van der Waals surface area contributed by atoms with E-state index in [1.807, 2.05) is 13.8 Å². The van der Waals surface area contributed by atoms with Gasteiger partial charge in [0.05, 0.1) is 28.2 Å². The largest absolute Gasteiger partial charge is 0.323 e. The highest BCUT2D eigenvalue weighted by Gasteiger charge is 2.16. The first-order valence-corrected chi connectivity index (χ1v) is 8.80. The van der Waals surface area contributed by atoms with Crippen molar-refractivity contribution in [3.05, 3.63) is 44.3 Å². The number of aromatic nitrogens is 3. The van der Waals surface area contributed by atoms with Gasteiger partial charge in [-0.05, 0) is 32.0 Å². The molecule has 0 saturated carbocycles. The maximum atomic E-state index is 12.3. The summed E-state index contributed by atoms with van der Waals surface area (Å²) in [5.41, 5.74) is 1.56. The van der Waals surface area contributed by atoms with Crippen LogP contribution >= 0.6 is 11.3 Å². The van der Waals surface area contributed by atoms with E-state index in [1.165, 1.54) is 23.5 Å². The number of sulfonamides is 1. The zero-order valence-corrected chi connectivity index (χ0v) is 13.6. The van der Waals surface area contributed by atoms with E-state index in [1.54, 1.807) is 6.07 Å². The Bertz CT molecular complexity index is 978. The number of nitrogens with zero attached hydrogens (tertiary/aromatic N) is 1. The van der Waals surface area contributed by atoms with E-state index >= 15 is 0 Å². The molecule has 0 atom stereocenters. The lowest BCUT2D eigenvalue weighted by atomic mass is 10.3. The minimum Gasteiger partial charge on any atom is -0.306 e. The summed E-state index contributed by atoms with van der Waals surface area (Å²) in [6, 6.07) is 4.43. The second kappa shape index (κ2) is 5.34. The van der Waals surface area contributed by atoms with Crippen molar-refractivity contribution < 1.29 is 8.42 Å². The van der Waals surface area contributed by atoms with Crippen molar-refractivity contribution in [1.82, 2.24) is 19.7 Å². The number of aryl methyl sites for hydroxylation is 2. The molecule has 0 bridgehead atoms. The minimum atomic E-state index is -3.66. The number of thiazole rings is 1. The molecule has 3 rings (SSSR count). The van der Waals surface area contributed by atoms with Gasteiger partial charge in [0.15, 0.2) is 0 Å². The predicted octanol–water partition coefficient (Wildman–Crippen LogP) is 1.41. The van der Waals surface area contributed by atoms with Gasteiger partial charge in [-0.2, -0.15) is 0 Å². The van der Waals surface area contributed by atoms with Crippen LogP contribution in [0.5, 0.6) is 0 Å². The zero-order chi connectivity index (χ0) is 15.9. The smallest absolute Gasteiger partial charge is 0.306 e. The van der Waals surface area contributed by atoms with Gasteiger partial charge in [0.1, 0.15) is 5.01 Å². The second-order valence-electron chi connectivity index (χ2n) is 4.86. The fourth-order valence-corrected chi connectivity index (χ4v) is 4.01. The average molecular weight is 338 g/mol. The van der Waals surface area contributed by atoms with Gasteiger partial charge in [0, 0.05) is 4.88 Å². The highest BCUT2D eigenvalue weighted by Crippen LogP contribution is 2.18. The molecule has 0 aliphatic heterocycles. The van der Waals surface area contributed by atoms with Gasteiger partial charge in [0.2, 0.25) is 10.0 Å². The van der Waals surface area contributed by atoms with Gasteiger partial charge in [0.25, 0.3) is 0 Å². The van der Waals surface area contributed by atoms with E-state index in [0.29, 0.717) is 11.0 Å². The summed E-state index contributed by atoms with van der Waals surface area (Å²) in [4.78, 5) is 21.8. The number of hydrogen-bond acceptors (Lipinski definition) is 5. The topological polar surface area (TPSA) is 108 Å². The van der Waals surface area contributed by atoms with Crippen LogP contribution in [0.4, 0.5) is 0 Å². The third kappa shape index (κ3) is 2.82. The van der Waals surface area contributed by atoms with E-state index in [0.717, 1.165) is 15.6 Å². The Labute approximate surface area is 130 Å². The van der Waals surface area contributed by atoms with Crippen LogP contribution in [0, 0.1) is 13.8 Å². The first kappa shape index (κ1) is 14.9. The van der Waals surface area contributed by atoms with Gasteiger partial charge in [-0.15, -0.1) is 11.3 Å². The Balaban J connectivity index is 1.85. The summed E-state index contributed by atoms with van der Waals surface area (Å²) < 4.78 is 27.1. The molecule has 7 nitrogen and oxygen atoms in total. The van der Waals surface area contributed by atoms with E-state index in [9.17, 15) is 13.2 Å². The molecule has 22 heavy (non-hydrogen) atoms. The van der Waals surface area contributed by atoms with E-state index in [4.69, 9.17) is 0 Å². The van der Waals surface area contributed by atoms with Crippen LogP contribution in [0.25, 0.3) is 11.0 Å². The first-order valence-electron chi connectivity index (χ1n) is 6.50. The quantitative estimate of drug-likeness (QED) is 0.668. The molecule has 2 aromatic heterocycles. The average Bonchev–Trinajstić information content (AvgIpc) is 2.98. The lowest BCUT2D eigenvalue weighted by Crippen LogP contribution is -2.23. The maximum absolute atomic E-state index is 12.3. The van der Waals surface area contributed by atoms with Gasteiger partial charge in [-0.25, -0.2) is 22.9 Å². The normalized spacial score (nSPS) is 12.1. The monoisotopic (exact) mass is 338 g/mol. The van der Waals surface area contributed by atoms with Crippen LogP contribution in [0.3, 0.4) is 0 Å². The van der Waals surface area contributed by atoms with Crippen LogP contribution in [-0.2, 0) is 16.6 Å². The van der Waals surface area contributed by atoms with Gasteiger partial charge < -0.3 is 9.97 Å². The summed E-state index contributed by atoms with van der Waals surface area (Å²) >= 11 is 1.47. The third-order valence-electron chi connectivity index (χ3n) is 3.28. The molecule has 0 saturated heterocycles. The Morgan fingerprint density at radius 3 is 2.64 bits per heavy atom. The van der Waals surface area contributed by atoms with Crippen molar-refractivity contribution in [3.63, 3.8) is 0 Å². The summed E-state index contributed by atoms with van der Waals surface area (Å²) in [6.07, 6.45) is 0. The van der Waals surface area contributed by atoms with Crippen LogP contribution in [0.1, 0.15) is 15.6 Å². The van der Waals surface area contributed by atoms with Crippen LogP contribution in [-0.4, -0.2) is 23.4 Å². The summed E-state index contributed by atoms with van der Waals surface area (Å²) in [5.74, 6) is 0. The number of rotatable bonds is 4.